The highest BCUT2D eigenvalue weighted by Gasteiger charge is 2.57. The van der Waals surface area contributed by atoms with E-state index in [-0.39, 0.29) is 12.5 Å². The molecule has 4 nitrogen and oxygen atoms in total. The number of hydrogen-bond donors (Lipinski definition) is 3. The summed E-state index contributed by atoms with van der Waals surface area (Å²) in [6, 6.07) is 0. The first kappa shape index (κ1) is 11.5. The number of amides is 1. The fourth-order valence-electron chi connectivity index (χ4n) is 2.03. The van der Waals surface area contributed by atoms with Crippen LogP contribution < -0.4 is 5.32 Å². The van der Waals surface area contributed by atoms with E-state index in [9.17, 15) is 15.0 Å². The molecule has 14 heavy (non-hydrogen) atoms. The molecule has 0 radical (unpaired) electrons. The molecule has 1 aliphatic rings. The summed E-state index contributed by atoms with van der Waals surface area (Å²) in [6.45, 7) is 5.01. The van der Waals surface area contributed by atoms with E-state index in [1.807, 2.05) is 6.92 Å². The van der Waals surface area contributed by atoms with Gasteiger partial charge in [-0.05, 0) is 20.3 Å². The smallest absolute Gasteiger partial charge is 0.226 e. The van der Waals surface area contributed by atoms with E-state index in [0.29, 0.717) is 6.42 Å². The first-order chi connectivity index (χ1) is 6.39. The van der Waals surface area contributed by atoms with Crippen LogP contribution in [0.1, 0.15) is 33.6 Å². The third-order valence-electron chi connectivity index (χ3n) is 3.40. The van der Waals surface area contributed by atoms with Crippen LogP contribution in [0.2, 0.25) is 0 Å². The number of carbonyl (C=O) groups is 1. The van der Waals surface area contributed by atoms with Gasteiger partial charge in [0.25, 0.3) is 0 Å². The Morgan fingerprint density at radius 3 is 2.43 bits per heavy atom. The predicted octanol–water partition coefficient (Wildman–Crippen LogP) is 0.0345. The topological polar surface area (TPSA) is 69.6 Å². The van der Waals surface area contributed by atoms with Crippen LogP contribution in [0.5, 0.6) is 0 Å². The zero-order valence-electron chi connectivity index (χ0n) is 9.00. The molecule has 1 heterocycles. The standard InChI is InChI=1S/C10H19NO3/c1-4-5-7-8(13)11-9(2,6-12)10(7,3)14/h7,12,14H,4-6H2,1-3H3,(H,11,13). The molecular weight excluding hydrogens is 182 g/mol. The van der Waals surface area contributed by atoms with Crippen LogP contribution in [-0.2, 0) is 4.79 Å². The lowest BCUT2D eigenvalue weighted by Gasteiger charge is -2.36. The summed E-state index contributed by atoms with van der Waals surface area (Å²) in [5.41, 5.74) is -2.08. The Kier molecular flexibility index (Phi) is 2.88. The zero-order chi connectivity index (χ0) is 11.0. The summed E-state index contributed by atoms with van der Waals surface area (Å²) < 4.78 is 0. The molecule has 0 aliphatic carbocycles. The van der Waals surface area contributed by atoms with Crippen LogP contribution >= 0.6 is 0 Å². The van der Waals surface area contributed by atoms with Crippen molar-refractivity contribution < 1.29 is 15.0 Å². The van der Waals surface area contributed by atoms with Crippen molar-refractivity contribution in [1.82, 2.24) is 5.32 Å². The van der Waals surface area contributed by atoms with Gasteiger partial charge in [-0.25, -0.2) is 0 Å². The highest BCUT2D eigenvalue weighted by molar-refractivity contribution is 5.84. The van der Waals surface area contributed by atoms with E-state index < -0.39 is 17.1 Å². The minimum atomic E-state index is -1.17. The fourth-order valence-corrected chi connectivity index (χ4v) is 2.03. The van der Waals surface area contributed by atoms with Gasteiger partial charge in [0, 0.05) is 0 Å². The summed E-state index contributed by atoms with van der Waals surface area (Å²) in [7, 11) is 0. The van der Waals surface area contributed by atoms with Gasteiger partial charge >= 0.3 is 0 Å². The van der Waals surface area contributed by atoms with E-state index in [2.05, 4.69) is 5.32 Å². The van der Waals surface area contributed by atoms with Crippen molar-refractivity contribution in [1.29, 1.82) is 0 Å². The molecule has 3 N–H and O–H groups in total. The van der Waals surface area contributed by atoms with Gasteiger partial charge < -0.3 is 15.5 Å². The van der Waals surface area contributed by atoms with Crippen molar-refractivity contribution in [2.45, 2.75) is 44.8 Å². The van der Waals surface area contributed by atoms with Crippen molar-refractivity contribution >= 4 is 5.91 Å². The molecule has 1 saturated heterocycles. The maximum absolute atomic E-state index is 11.6. The Labute approximate surface area is 84.3 Å². The van der Waals surface area contributed by atoms with Gasteiger partial charge in [-0.15, -0.1) is 0 Å². The minimum Gasteiger partial charge on any atom is -0.394 e. The first-order valence-electron chi connectivity index (χ1n) is 5.04. The van der Waals surface area contributed by atoms with Gasteiger partial charge in [-0.2, -0.15) is 0 Å². The molecule has 0 saturated carbocycles. The van der Waals surface area contributed by atoms with E-state index in [1.165, 1.54) is 0 Å². The molecule has 82 valence electrons. The molecule has 0 aromatic heterocycles. The second kappa shape index (κ2) is 3.51. The Bertz CT molecular complexity index is 240. The van der Waals surface area contributed by atoms with Crippen LogP contribution in [0.4, 0.5) is 0 Å². The van der Waals surface area contributed by atoms with Crippen LogP contribution in [0, 0.1) is 5.92 Å². The maximum atomic E-state index is 11.6. The Morgan fingerprint density at radius 2 is 2.07 bits per heavy atom. The van der Waals surface area contributed by atoms with Crippen LogP contribution in [-0.4, -0.2) is 33.9 Å². The van der Waals surface area contributed by atoms with Gasteiger partial charge in [-0.3, -0.25) is 4.79 Å². The zero-order valence-corrected chi connectivity index (χ0v) is 9.00. The van der Waals surface area contributed by atoms with Crippen molar-refractivity contribution in [2.75, 3.05) is 6.61 Å². The molecule has 1 amide bonds. The van der Waals surface area contributed by atoms with Crippen molar-refractivity contribution in [3.05, 3.63) is 0 Å². The van der Waals surface area contributed by atoms with E-state index >= 15 is 0 Å². The summed E-state index contributed by atoms with van der Waals surface area (Å²) in [5.74, 6) is -0.571. The number of nitrogens with one attached hydrogen (secondary N) is 1. The van der Waals surface area contributed by atoms with E-state index in [0.717, 1.165) is 6.42 Å². The van der Waals surface area contributed by atoms with Gasteiger partial charge in [0.15, 0.2) is 0 Å². The third kappa shape index (κ3) is 1.42. The minimum absolute atomic E-state index is 0.159. The number of carbonyl (C=O) groups excluding carboxylic acids is 1. The summed E-state index contributed by atoms with van der Waals surface area (Å²) in [6.07, 6.45) is 1.49. The molecule has 0 spiro atoms. The largest absolute Gasteiger partial charge is 0.394 e. The Morgan fingerprint density at radius 1 is 1.50 bits per heavy atom. The highest BCUT2D eigenvalue weighted by atomic mass is 16.3. The quantitative estimate of drug-likeness (QED) is 0.603. The molecule has 1 aliphatic heterocycles. The monoisotopic (exact) mass is 201 g/mol. The fraction of sp³-hybridized carbons (Fsp3) is 0.900. The van der Waals surface area contributed by atoms with Gasteiger partial charge in [0.05, 0.1) is 23.7 Å². The third-order valence-corrected chi connectivity index (χ3v) is 3.40. The number of rotatable bonds is 3. The second-order valence-corrected chi connectivity index (χ2v) is 4.47. The van der Waals surface area contributed by atoms with Crippen molar-refractivity contribution in [3.8, 4) is 0 Å². The molecule has 0 aromatic carbocycles. The number of hydrogen-bond acceptors (Lipinski definition) is 3. The second-order valence-electron chi connectivity index (χ2n) is 4.47. The molecule has 0 aromatic rings. The molecule has 4 heteroatoms. The van der Waals surface area contributed by atoms with Crippen molar-refractivity contribution in [2.24, 2.45) is 5.92 Å². The van der Waals surface area contributed by atoms with Crippen LogP contribution in [0.3, 0.4) is 0 Å². The normalized spacial score (nSPS) is 42.6. The lowest BCUT2D eigenvalue weighted by Crippen LogP contribution is -2.57. The molecule has 3 atom stereocenters. The van der Waals surface area contributed by atoms with Gasteiger partial charge in [0.1, 0.15) is 0 Å². The first-order valence-corrected chi connectivity index (χ1v) is 5.04. The maximum Gasteiger partial charge on any atom is 0.226 e. The molecule has 3 unspecified atom stereocenters. The lowest BCUT2D eigenvalue weighted by molar-refractivity contribution is -0.125. The molecule has 1 fully saturated rings. The predicted molar refractivity (Wildman–Crippen MR) is 52.7 cm³/mol. The Hall–Kier alpha value is -0.610. The Balaban J connectivity index is 2.95. The molecular formula is C10H19NO3. The van der Waals surface area contributed by atoms with Crippen LogP contribution in [0.25, 0.3) is 0 Å². The highest BCUT2D eigenvalue weighted by Crippen LogP contribution is 2.38. The van der Waals surface area contributed by atoms with E-state index in [1.54, 1.807) is 13.8 Å². The summed E-state index contributed by atoms with van der Waals surface area (Å²) in [5, 5.41) is 22.1. The van der Waals surface area contributed by atoms with Gasteiger partial charge in [-0.1, -0.05) is 13.3 Å². The summed E-state index contributed by atoms with van der Waals surface area (Å²) >= 11 is 0. The molecule has 0 bridgehead atoms. The van der Waals surface area contributed by atoms with E-state index in [4.69, 9.17) is 0 Å². The van der Waals surface area contributed by atoms with Crippen LogP contribution in [0.15, 0.2) is 0 Å². The SMILES string of the molecule is CCCC1C(=O)NC(C)(CO)C1(C)O. The number of aliphatic hydroxyl groups excluding tert-OH is 1. The molecule has 1 rings (SSSR count). The lowest BCUT2D eigenvalue weighted by atomic mass is 9.77. The summed E-state index contributed by atoms with van der Waals surface area (Å²) in [4.78, 5) is 11.6. The number of aliphatic hydroxyl groups is 2. The average molecular weight is 201 g/mol. The van der Waals surface area contributed by atoms with Crippen molar-refractivity contribution in [3.63, 3.8) is 0 Å². The average Bonchev–Trinajstić information content (AvgIpc) is 2.27. The van der Waals surface area contributed by atoms with Gasteiger partial charge in [0.2, 0.25) is 5.91 Å².